The van der Waals surface area contributed by atoms with Crippen molar-refractivity contribution in [3.63, 3.8) is 0 Å². The largest absolute Gasteiger partial charge is 1.00 e. The predicted octanol–water partition coefficient (Wildman–Crippen LogP) is -0.113. The van der Waals surface area contributed by atoms with Crippen molar-refractivity contribution in [1.29, 1.82) is 0 Å². The van der Waals surface area contributed by atoms with Crippen LogP contribution in [-0.4, -0.2) is 42.2 Å². The molecule has 1 rings (SSSR count). The summed E-state index contributed by atoms with van der Waals surface area (Å²) in [6.45, 7) is 9.80. The van der Waals surface area contributed by atoms with E-state index in [1.807, 2.05) is 30.3 Å². The van der Waals surface area contributed by atoms with Crippen molar-refractivity contribution < 1.29 is 58.3 Å². The molecule has 4 unspecified atom stereocenters. The fraction of sp³-hybridized carbons (Fsp3) is 0.333. The van der Waals surface area contributed by atoms with Crippen LogP contribution in [-0.2, 0) is 24.4 Å². The Morgan fingerprint density at radius 2 is 1.80 bits per heavy atom. The summed E-state index contributed by atoms with van der Waals surface area (Å²) < 4.78 is 38.9. The van der Waals surface area contributed by atoms with E-state index in [2.05, 4.69) is 18.5 Å². The Bertz CT molecular complexity index is 860. The van der Waals surface area contributed by atoms with Crippen molar-refractivity contribution in [3.05, 3.63) is 67.3 Å². The topological polar surface area (TPSA) is 110 Å². The van der Waals surface area contributed by atoms with Crippen LogP contribution in [0.2, 0.25) is 0 Å². The van der Waals surface area contributed by atoms with Gasteiger partial charge in [0.25, 0.3) is 10.1 Å². The monoisotopic (exact) mass is 445 g/mol. The molecular weight excluding hydrogens is 417 g/mol. The zero-order valence-corrected chi connectivity index (χ0v) is 20.3. The molecule has 0 radical (unpaired) electrons. The van der Waals surface area contributed by atoms with E-state index in [-0.39, 0.29) is 37.4 Å². The minimum absolute atomic E-state index is 0. The first-order valence-electron chi connectivity index (χ1n) is 9.04. The Morgan fingerprint density at radius 1 is 1.20 bits per heavy atom. The summed E-state index contributed by atoms with van der Waals surface area (Å²) in [6, 6.07) is 8.52. The number of carbonyl (C=O) groups is 2. The predicted molar refractivity (Wildman–Crippen MR) is 114 cm³/mol. The van der Waals surface area contributed by atoms with Crippen LogP contribution in [0.5, 0.6) is 0 Å². The Hall–Kier alpha value is -1.71. The first-order chi connectivity index (χ1) is 13.6. The maximum Gasteiger partial charge on any atom is 1.00 e. The smallest absolute Gasteiger partial charge is 1.00 e. The van der Waals surface area contributed by atoms with Crippen molar-refractivity contribution in [3.8, 4) is 0 Å². The minimum Gasteiger partial charge on any atom is -1.00 e. The number of ether oxygens (including phenoxy) is 1. The molecule has 1 aromatic carbocycles. The molecule has 0 heterocycles. The standard InChI is InChI=1S/C21H27NO6S.Na.H/c1-5-20(23)22-18(13-12-17-10-8-7-9-11-17)16(4)19(29(25,26)27)14-15(3)28-21(24)6-2;;/h5-13,15-16,18-19H,1-2,14H2,3-4H3,(H,22,23)(H,25,26,27);;/q;+1;-1. The summed E-state index contributed by atoms with van der Waals surface area (Å²) in [5.41, 5.74) is 0.856. The van der Waals surface area contributed by atoms with Gasteiger partial charge in [0.1, 0.15) is 6.10 Å². The summed E-state index contributed by atoms with van der Waals surface area (Å²) in [5.74, 6) is -1.92. The fourth-order valence-corrected chi connectivity index (χ4v) is 4.04. The van der Waals surface area contributed by atoms with Gasteiger partial charge in [0.2, 0.25) is 5.91 Å². The van der Waals surface area contributed by atoms with E-state index in [1.54, 1.807) is 19.1 Å². The van der Waals surface area contributed by atoms with Gasteiger partial charge >= 0.3 is 35.5 Å². The van der Waals surface area contributed by atoms with E-state index in [0.29, 0.717) is 0 Å². The molecule has 0 aromatic heterocycles. The third-order valence-corrected chi connectivity index (χ3v) is 5.76. The average molecular weight is 446 g/mol. The van der Waals surface area contributed by atoms with Gasteiger partial charge in [-0.25, -0.2) is 4.79 Å². The number of amides is 1. The molecule has 160 valence electrons. The summed E-state index contributed by atoms with van der Waals surface area (Å²) in [6.07, 6.45) is 4.50. The summed E-state index contributed by atoms with van der Waals surface area (Å²) >= 11 is 0. The van der Waals surface area contributed by atoms with Crippen molar-refractivity contribution >= 4 is 28.1 Å². The van der Waals surface area contributed by atoms with E-state index in [0.717, 1.165) is 17.7 Å². The van der Waals surface area contributed by atoms with Crippen LogP contribution in [0.4, 0.5) is 0 Å². The van der Waals surface area contributed by atoms with Crippen LogP contribution in [0.1, 0.15) is 27.3 Å². The molecule has 0 aliphatic heterocycles. The van der Waals surface area contributed by atoms with Crippen molar-refractivity contribution in [2.24, 2.45) is 5.92 Å². The molecule has 1 amide bonds. The normalized spacial score (nSPS) is 15.2. The van der Waals surface area contributed by atoms with E-state index in [1.165, 1.54) is 6.92 Å². The number of esters is 1. The summed E-state index contributed by atoms with van der Waals surface area (Å²) in [5, 5.41) is 1.38. The first-order valence-corrected chi connectivity index (χ1v) is 10.5. The van der Waals surface area contributed by atoms with Gasteiger partial charge in [0.15, 0.2) is 0 Å². The van der Waals surface area contributed by atoms with Crippen molar-refractivity contribution in [2.75, 3.05) is 0 Å². The molecule has 0 bridgehead atoms. The third-order valence-electron chi connectivity index (χ3n) is 4.37. The molecule has 0 spiro atoms. The summed E-state index contributed by atoms with van der Waals surface area (Å²) in [7, 11) is -4.50. The Kier molecular flexibility index (Phi) is 12.8. The van der Waals surface area contributed by atoms with Crippen LogP contribution in [0.3, 0.4) is 0 Å². The number of hydrogen-bond donors (Lipinski definition) is 2. The SMILES string of the molecule is C=CC(=O)NC(C=Cc1ccccc1)C(C)C(CC(C)OC(=O)C=C)S(=O)(=O)O.[H-].[Na+]. The Morgan fingerprint density at radius 3 is 2.30 bits per heavy atom. The fourth-order valence-electron chi connectivity index (χ4n) is 2.82. The van der Waals surface area contributed by atoms with Crippen molar-refractivity contribution in [1.82, 2.24) is 5.32 Å². The van der Waals surface area contributed by atoms with Crippen LogP contribution in [0.15, 0.2) is 61.7 Å². The minimum atomic E-state index is -4.50. The van der Waals surface area contributed by atoms with Crippen LogP contribution < -0.4 is 34.9 Å². The molecule has 0 fully saturated rings. The molecule has 7 nitrogen and oxygen atoms in total. The molecule has 9 heteroatoms. The molecule has 0 saturated heterocycles. The number of hydrogen-bond acceptors (Lipinski definition) is 5. The quantitative estimate of drug-likeness (QED) is 0.213. The number of rotatable bonds is 11. The van der Waals surface area contributed by atoms with Gasteiger partial charge in [-0.2, -0.15) is 8.42 Å². The third kappa shape index (κ3) is 9.86. The van der Waals surface area contributed by atoms with E-state index >= 15 is 0 Å². The molecule has 4 atom stereocenters. The van der Waals surface area contributed by atoms with E-state index in [4.69, 9.17) is 4.74 Å². The van der Waals surface area contributed by atoms with Gasteiger partial charge in [-0.1, -0.05) is 62.6 Å². The molecule has 0 aliphatic carbocycles. The molecule has 30 heavy (non-hydrogen) atoms. The number of carbonyl (C=O) groups excluding carboxylic acids is 2. The van der Waals surface area contributed by atoms with Crippen molar-refractivity contribution in [2.45, 2.75) is 37.7 Å². The Balaban J connectivity index is 0. The molecule has 2 N–H and O–H groups in total. The number of benzene rings is 1. The van der Waals surface area contributed by atoms with Gasteiger partial charge in [-0.3, -0.25) is 9.35 Å². The van der Waals surface area contributed by atoms with Gasteiger partial charge in [-0.05, 0) is 24.5 Å². The Labute approximate surface area is 201 Å². The zero-order chi connectivity index (χ0) is 22.0. The molecule has 1 aromatic rings. The van der Waals surface area contributed by atoms with E-state index < -0.39 is 45.3 Å². The maximum absolute atomic E-state index is 12.0. The van der Waals surface area contributed by atoms with E-state index in [9.17, 15) is 22.6 Å². The molecule has 0 aliphatic rings. The second-order valence-corrected chi connectivity index (χ2v) is 8.24. The number of nitrogens with one attached hydrogen (secondary N) is 1. The van der Waals surface area contributed by atoms with Gasteiger partial charge in [0, 0.05) is 12.5 Å². The first kappa shape index (κ1) is 28.3. The van der Waals surface area contributed by atoms with Gasteiger partial charge in [-0.15, -0.1) is 0 Å². The second kappa shape index (κ2) is 13.6. The molecule has 0 saturated carbocycles. The maximum atomic E-state index is 12.0. The van der Waals surface area contributed by atoms with Crippen LogP contribution >= 0.6 is 0 Å². The summed E-state index contributed by atoms with van der Waals surface area (Å²) in [4.78, 5) is 23.2. The zero-order valence-electron chi connectivity index (χ0n) is 18.5. The molecular formula is C21H28NNaO6S. The van der Waals surface area contributed by atoms with Gasteiger partial charge < -0.3 is 11.5 Å². The van der Waals surface area contributed by atoms with Crippen LogP contribution in [0, 0.1) is 5.92 Å². The van der Waals surface area contributed by atoms with Gasteiger partial charge in [0.05, 0.1) is 11.3 Å². The van der Waals surface area contributed by atoms with Crippen LogP contribution in [0.25, 0.3) is 6.08 Å². The second-order valence-electron chi connectivity index (χ2n) is 6.61. The average Bonchev–Trinajstić information content (AvgIpc) is 2.68.